The second-order valence-corrected chi connectivity index (χ2v) is 4.43. The van der Waals surface area contributed by atoms with Crippen LogP contribution < -0.4 is 11.3 Å². The molecule has 2 rings (SSSR count). The Balaban J connectivity index is 2.10. The summed E-state index contributed by atoms with van der Waals surface area (Å²) in [6.45, 7) is 0. The third kappa shape index (κ3) is 2.76. The van der Waals surface area contributed by atoms with Crippen LogP contribution in [0.3, 0.4) is 0 Å². The van der Waals surface area contributed by atoms with Gasteiger partial charge in [-0.05, 0) is 35.6 Å². The van der Waals surface area contributed by atoms with Crippen molar-refractivity contribution in [3.8, 4) is 0 Å². The first-order valence-electron chi connectivity index (χ1n) is 4.77. The number of nitrogens with one attached hydrogen (secondary N) is 1. The van der Waals surface area contributed by atoms with E-state index < -0.39 is 0 Å². The van der Waals surface area contributed by atoms with E-state index in [1.54, 1.807) is 0 Å². The van der Waals surface area contributed by atoms with Gasteiger partial charge in [0.2, 0.25) is 0 Å². The number of halogens is 1. The van der Waals surface area contributed by atoms with Gasteiger partial charge in [-0.3, -0.25) is 11.3 Å². The minimum atomic E-state index is -0.0140. The van der Waals surface area contributed by atoms with Crippen molar-refractivity contribution in [2.45, 2.75) is 12.5 Å². The molecule has 0 saturated heterocycles. The molecule has 0 amide bonds. The third-order valence-electron chi connectivity index (χ3n) is 2.29. The first-order chi connectivity index (χ1) is 7.79. The summed E-state index contributed by atoms with van der Waals surface area (Å²) in [5, 5.41) is 6.62. The van der Waals surface area contributed by atoms with Crippen molar-refractivity contribution in [3.63, 3.8) is 0 Å². The lowest BCUT2D eigenvalue weighted by Gasteiger charge is -2.12. The van der Waals surface area contributed by atoms with Gasteiger partial charge in [-0.15, -0.1) is 5.10 Å². The van der Waals surface area contributed by atoms with Crippen LogP contribution >= 0.6 is 23.1 Å². The molecule has 6 heteroatoms. The smallest absolute Gasteiger partial charge is 0.0941 e. The number of hydrogen-bond acceptors (Lipinski definition) is 5. The fourth-order valence-electron chi connectivity index (χ4n) is 1.43. The van der Waals surface area contributed by atoms with Crippen LogP contribution in [0.15, 0.2) is 29.6 Å². The monoisotopic (exact) mass is 254 g/mol. The van der Waals surface area contributed by atoms with Crippen molar-refractivity contribution in [2.75, 3.05) is 0 Å². The van der Waals surface area contributed by atoms with Crippen molar-refractivity contribution in [3.05, 3.63) is 45.9 Å². The van der Waals surface area contributed by atoms with Crippen molar-refractivity contribution >= 4 is 23.1 Å². The van der Waals surface area contributed by atoms with Gasteiger partial charge in [0.1, 0.15) is 0 Å². The van der Waals surface area contributed by atoms with Gasteiger partial charge < -0.3 is 0 Å². The second kappa shape index (κ2) is 5.36. The highest BCUT2D eigenvalue weighted by Gasteiger charge is 2.13. The zero-order valence-corrected chi connectivity index (χ0v) is 10.0. The summed E-state index contributed by atoms with van der Waals surface area (Å²) in [5.41, 5.74) is 4.76. The zero-order valence-electron chi connectivity index (χ0n) is 8.43. The molecular weight excluding hydrogens is 244 g/mol. The summed E-state index contributed by atoms with van der Waals surface area (Å²) in [7, 11) is 0. The number of benzene rings is 1. The standard InChI is InChI=1S/C10H11ClN4S/c11-8-3-1-7(2-4-8)5-9(13-12)10-6-16-15-14-10/h1-4,6,9,13H,5,12H2. The maximum absolute atomic E-state index is 5.82. The van der Waals surface area contributed by atoms with Gasteiger partial charge >= 0.3 is 0 Å². The molecule has 0 bridgehead atoms. The first-order valence-corrected chi connectivity index (χ1v) is 5.98. The van der Waals surface area contributed by atoms with Crippen LogP contribution in [0.4, 0.5) is 0 Å². The molecule has 0 aliphatic rings. The lowest BCUT2D eigenvalue weighted by atomic mass is 10.0. The highest BCUT2D eigenvalue weighted by atomic mass is 35.5. The van der Waals surface area contributed by atoms with Crippen molar-refractivity contribution in [1.82, 2.24) is 15.0 Å². The molecule has 16 heavy (non-hydrogen) atoms. The topological polar surface area (TPSA) is 63.8 Å². The van der Waals surface area contributed by atoms with Crippen LogP contribution in [0.5, 0.6) is 0 Å². The van der Waals surface area contributed by atoms with Gasteiger partial charge in [-0.2, -0.15) is 0 Å². The molecule has 1 aromatic heterocycles. The maximum Gasteiger partial charge on any atom is 0.0941 e. The average Bonchev–Trinajstić information content (AvgIpc) is 2.82. The van der Waals surface area contributed by atoms with Gasteiger partial charge in [0.25, 0.3) is 0 Å². The Morgan fingerprint density at radius 3 is 2.69 bits per heavy atom. The van der Waals surface area contributed by atoms with Crippen LogP contribution in [0.2, 0.25) is 5.02 Å². The molecule has 4 nitrogen and oxygen atoms in total. The lowest BCUT2D eigenvalue weighted by Crippen LogP contribution is -2.29. The highest BCUT2D eigenvalue weighted by molar-refractivity contribution is 7.03. The Bertz CT molecular complexity index is 429. The van der Waals surface area contributed by atoms with Gasteiger partial charge in [0, 0.05) is 10.4 Å². The summed E-state index contributed by atoms with van der Waals surface area (Å²) in [6.07, 6.45) is 0.763. The molecule has 0 aliphatic heterocycles. The van der Waals surface area contributed by atoms with E-state index in [2.05, 4.69) is 15.0 Å². The van der Waals surface area contributed by atoms with Crippen molar-refractivity contribution in [2.24, 2.45) is 5.84 Å². The van der Waals surface area contributed by atoms with Crippen LogP contribution in [-0.4, -0.2) is 9.59 Å². The number of rotatable bonds is 4. The number of nitrogens with zero attached hydrogens (tertiary/aromatic N) is 2. The van der Waals surface area contributed by atoms with Crippen LogP contribution in [0.1, 0.15) is 17.3 Å². The van der Waals surface area contributed by atoms with Gasteiger partial charge in [0.05, 0.1) is 11.7 Å². The van der Waals surface area contributed by atoms with Crippen molar-refractivity contribution in [1.29, 1.82) is 0 Å². The Hall–Kier alpha value is -1.01. The summed E-state index contributed by atoms with van der Waals surface area (Å²) in [5.74, 6) is 5.50. The van der Waals surface area contributed by atoms with Crippen LogP contribution in [0.25, 0.3) is 0 Å². The van der Waals surface area contributed by atoms with Crippen LogP contribution in [0, 0.1) is 0 Å². The van der Waals surface area contributed by atoms with Gasteiger partial charge in [-0.1, -0.05) is 28.2 Å². The number of hydrazine groups is 1. The Labute approximate surface area is 103 Å². The van der Waals surface area contributed by atoms with E-state index in [-0.39, 0.29) is 6.04 Å². The van der Waals surface area contributed by atoms with E-state index >= 15 is 0 Å². The number of hydrogen-bond donors (Lipinski definition) is 2. The largest absolute Gasteiger partial charge is 0.271 e. The predicted octanol–water partition coefficient (Wildman–Crippen LogP) is 1.94. The lowest BCUT2D eigenvalue weighted by molar-refractivity contribution is 0.537. The fourth-order valence-corrected chi connectivity index (χ4v) is 2.06. The Kier molecular flexibility index (Phi) is 3.84. The normalized spacial score (nSPS) is 12.6. The first kappa shape index (κ1) is 11.5. The molecule has 1 heterocycles. The molecule has 0 spiro atoms. The molecule has 0 saturated carbocycles. The predicted molar refractivity (Wildman–Crippen MR) is 65.1 cm³/mol. The van der Waals surface area contributed by atoms with Crippen LogP contribution in [-0.2, 0) is 6.42 Å². The molecule has 1 atom stereocenters. The maximum atomic E-state index is 5.82. The van der Waals surface area contributed by atoms with E-state index in [0.29, 0.717) is 0 Å². The molecule has 0 fully saturated rings. The van der Waals surface area contributed by atoms with Gasteiger partial charge in [-0.25, -0.2) is 0 Å². The molecule has 0 aliphatic carbocycles. The van der Waals surface area contributed by atoms with E-state index in [9.17, 15) is 0 Å². The SMILES string of the molecule is NNC(Cc1ccc(Cl)cc1)c1csnn1. The minimum absolute atomic E-state index is 0.0140. The average molecular weight is 255 g/mol. The molecule has 1 aromatic carbocycles. The van der Waals surface area contributed by atoms with Gasteiger partial charge in [0.15, 0.2) is 0 Å². The minimum Gasteiger partial charge on any atom is -0.271 e. The second-order valence-electron chi connectivity index (χ2n) is 3.38. The van der Waals surface area contributed by atoms with E-state index in [4.69, 9.17) is 17.4 Å². The Morgan fingerprint density at radius 1 is 1.38 bits per heavy atom. The molecule has 84 valence electrons. The van der Waals surface area contributed by atoms with Crippen molar-refractivity contribution < 1.29 is 0 Å². The van der Waals surface area contributed by atoms with E-state index in [1.807, 2.05) is 29.6 Å². The number of nitrogens with two attached hydrogens (primary N) is 1. The summed E-state index contributed by atoms with van der Waals surface area (Å²) < 4.78 is 3.82. The third-order valence-corrected chi connectivity index (χ3v) is 3.06. The van der Waals surface area contributed by atoms with E-state index in [1.165, 1.54) is 11.5 Å². The summed E-state index contributed by atoms with van der Waals surface area (Å²) in [4.78, 5) is 0. The fraction of sp³-hybridized carbons (Fsp3) is 0.200. The molecule has 0 radical (unpaired) electrons. The molecule has 3 N–H and O–H groups in total. The molecule has 2 aromatic rings. The Morgan fingerprint density at radius 2 is 2.12 bits per heavy atom. The number of aromatic nitrogens is 2. The zero-order chi connectivity index (χ0) is 11.4. The highest BCUT2D eigenvalue weighted by Crippen LogP contribution is 2.18. The molecule has 1 unspecified atom stereocenters. The summed E-state index contributed by atoms with van der Waals surface area (Å²) in [6, 6.07) is 7.67. The summed E-state index contributed by atoms with van der Waals surface area (Å²) >= 11 is 7.14. The quantitative estimate of drug-likeness (QED) is 0.647. The molecular formula is C10H11ClN4S. The van der Waals surface area contributed by atoms with E-state index in [0.717, 1.165) is 22.7 Å².